The van der Waals surface area contributed by atoms with Gasteiger partial charge in [0.2, 0.25) is 0 Å². The Labute approximate surface area is 92.7 Å². The monoisotopic (exact) mass is 174 g/mol. The molecule has 9 heavy (non-hydrogen) atoms. The fraction of sp³-hybridized carbons (Fsp3) is 0.667. The molecule has 0 aromatic carbocycles. The molecule has 0 spiro atoms. The van der Waals surface area contributed by atoms with E-state index < -0.39 is 12.1 Å². The van der Waals surface area contributed by atoms with Gasteiger partial charge in [-0.05, 0) is 6.92 Å². The van der Waals surface area contributed by atoms with Crippen LogP contribution in [0.3, 0.4) is 0 Å². The number of halogens is 1. The molecule has 0 radical (unpaired) electrons. The molecule has 0 aromatic heterocycles. The van der Waals surface area contributed by atoms with Crippen molar-refractivity contribution < 1.29 is 57.0 Å². The molecule has 1 atom stereocenters. The first-order valence-electron chi connectivity index (χ1n) is 1.53. The van der Waals surface area contributed by atoms with Crippen LogP contribution in [0.15, 0.2) is 0 Å². The molecule has 0 heterocycles. The number of carbonyl (C=O) groups is 1. The van der Waals surface area contributed by atoms with Crippen molar-refractivity contribution in [1.82, 2.24) is 0 Å². The Bertz CT molecular complexity index is 70.1. The Balaban J connectivity index is -0.0000000417. The Morgan fingerprint density at radius 1 is 1.67 bits per heavy atom. The minimum Gasteiger partial charge on any atom is -1.00 e. The largest absolute Gasteiger partial charge is 3.00 e. The van der Waals surface area contributed by atoms with Crippen LogP contribution in [0.1, 0.15) is 6.92 Å². The zero-order valence-electron chi connectivity index (χ0n) is 5.30. The molecule has 0 saturated carbocycles. The third-order valence-electron chi connectivity index (χ3n) is 0.341. The first kappa shape index (κ1) is 22.5. The SMILES string of the molecule is CC(O)C(=O)[O-].[Al+3].[Cl-].[Na+]. The molecule has 0 bridgehead atoms. The summed E-state index contributed by atoms with van der Waals surface area (Å²) < 4.78 is 0. The second kappa shape index (κ2) is 12.0. The van der Waals surface area contributed by atoms with E-state index in [0.717, 1.165) is 6.92 Å². The van der Waals surface area contributed by atoms with Crippen LogP contribution in [0.5, 0.6) is 0 Å². The van der Waals surface area contributed by atoms with Crippen LogP contribution >= 0.6 is 0 Å². The summed E-state index contributed by atoms with van der Waals surface area (Å²) in [6.45, 7) is 1.13. The van der Waals surface area contributed by atoms with Crippen molar-refractivity contribution in [2.75, 3.05) is 0 Å². The third kappa shape index (κ3) is 17.6. The molecule has 0 fully saturated rings. The van der Waals surface area contributed by atoms with E-state index in [2.05, 4.69) is 0 Å². The predicted molar refractivity (Wildman–Crippen MR) is 22.4 cm³/mol. The van der Waals surface area contributed by atoms with Gasteiger partial charge in [0, 0.05) is 0 Å². The topological polar surface area (TPSA) is 60.4 Å². The zero-order valence-corrected chi connectivity index (χ0v) is 9.21. The van der Waals surface area contributed by atoms with E-state index in [4.69, 9.17) is 5.11 Å². The van der Waals surface area contributed by atoms with Gasteiger partial charge in [0.15, 0.2) is 0 Å². The first-order chi connectivity index (χ1) is 2.64. The second-order valence-corrected chi connectivity index (χ2v) is 0.995. The molecule has 0 amide bonds. The van der Waals surface area contributed by atoms with Gasteiger partial charge in [0.1, 0.15) is 0 Å². The van der Waals surface area contributed by atoms with Gasteiger partial charge in [-0.25, -0.2) is 0 Å². The van der Waals surface area contributed by atoms with Crippen LogP contribution in [0.2, 0.25) is 0 Å². The summed E-state index contributed by atoms with van der Waals surface area (Å²) in [5.41, 5.74) is 0. The number of carboxylic acids is 1. The van der Waals surface area contributed by atoms with E-state index in [1.165, 1.54) is 0 Å². The minimum atomic E-state index is -1.44. The number of carboxylic acid groups (broad SMARTS) is 1. The number of hydrogen-bond donors (Lipinski definition) is 1. The molecule has 6 heteroatoms. The summed E-state index contributed by atoms with van der Waals surface area (Å²) in [5.74, 6) is -1.44. The van der Waals surface area contributed by atoms with Crippen molar-refractivity contribution in [2.24, 2.45) is 0 Å². The van der Waals surface area contributed by atoms with Gasteiger partial charge in [-0.15, -0.1) is 0 Å². The van der Waals surface area contributed by atoms with Crippen LogP contribution in [0.4, 0.5) is 0 Å². The van der Waals surface area contributed by atoms with E-state index in [9.17, 15) is 9.90 Å². The first-order valence-corrected chi connectivity index (χ1v) is 1.53. The standard InChI is InChI=1S/C3H6O3.Al.ClH.Na/c1-2(4)3(5)6;;;/h2,4H,1H3,(H,5,6);;1H;/q;+3;;+1/p-2. The van der Waals surface area contributed by atoms with Gasteiger partial charge in [0.25, 0.3) is 0 Å². The maximum atomic E-state index is 9.34. The van der Waals surface area contributed by atoms with Crippen molar-refractivity contribution in [3.8, 4) is 0 Å². The summed E-state index contributed by atoms with van der Waals surface area (Å²) in [4.78, 5) is 9.34. The number of aliphatic hydroxyl groups is 1. The Morgan fingerprint density at radius 3 is 1.78 bits per heavy atom. The zero-order chi connectivity index (χ0) is 5.15. The molecule has 0 aliphatic carbocycles. The molecule has 3 nitrogen and oxygen atoms in total. The molecule has 1 unspecified atom stereocenters. The van der Waals surface area contributed by atoms with Crippen molar-refractivity contribution in [3.05, 3.63) is 0 Å². The number of carbonyl (C=O) groups excluding carboxylic acids is 1. The van der Waals surface area contributed by atoms with E-state index in [1.807, 2.05) is 0 Å². The quantitative estimate of drug-likeness (QED) is 0.402. The molecule has 0 aliphatic heterocycles. The van der Waals surface area contributed by atoms with Crippen molar-refractivity contribution in [2.45, 2.75) is 13.0 Å². The second-order valence-electron chi connectivity index (χ2n) is 0.995. The molecule has 44 valence electrons. The van der Waals surface area contributed by atoms with E-state index in [-0.39, 0.29) is 59.3 Å². The summed E-state index contributed by atoms with van der Waals surface area (Å²) in [7, 11) is 0. The number of hydrogen-bond acceptors (Lipinski definition) is 3. The van der Waals surface area contributed by atoms with Crippen molar-refractivity contribution in [3.63, 3.8) is 0 Å². The molecule has 0 aromatic rings. The maximum Gasteiger partial charge on any atom is 3.00 e. The van der Waals surface area contributed by atoms with Gasteiger partial charge in [-0.3, -0.25) is 0 Å². The summed E-state index contributed by atoms with van der Waals surface area (Å²) >= 11 is 0. The number of aliphatic hydroxyl groups excluding tert-OH is 1. The molecular weight excluding hydrogens is 169 g/mol. The predicted octanol–water partition coefficient (Wildman–Crippen LogP) is -8.26. The minimum absolute atomic E-state index is 0. The van der Waals surface area contributed by atoms with E-state index in [1.54, 1.807) is 0 Å². The van der Waals surface area contributed by atoms with Crippen molar-refractivity contribution in [1.29, 1.82) is 0 Å². The summed E-state index contributed by atoms with van der Waals surface area (Å²) in [6.07, 6.45) is -1.34. The van der Waals surface area contributed by atoms with Gasteiger partial charge >= 0.3 is 46.9 Å². The molecule has 1 N–H and O–H groups in total. The normalized spacial score (nSPS) is 9.11. The van der Waals surface area contributed by atoms with E-state index in [0.29, 0.717) is 0 Å². The average Bonchev–Trinajstić information content (AvgIpc) is 1.36. The van der Waals surface area contributed by atoms with Gasteiger partial charge in [-0.2, -0.15) is 0 Å². The van der Waals surface area contributed by atoms with Crippen LogP contribution in [0, 0.1) is 0 Å². The van der Waals surface area contributed by atoms with Gasteiger partial charge in [0.05, 0.1) is 12.1 Å². The van der Waals surface area contributed by atoms with Crippen LogP contribution in [-0.4, -0.2) is 34.5 Å². The number of aliphatic carboxylic acids is 1. The Morgan fingerprint density at radius 2 is 1.78 bits per heavy atom. The summed E-state index contributed by atoms with van der Waals surface area (Å²) in [6, 6.07) is 0. The summed E-state index contributed by atoms with van der Waals surface area (Å²) in [5, 5.41) is 17.3. The molecular formula is C3H5AlClNaO3+2. The van der Waals surface area contributed by atoms with Crippen LogP contribution in [-0.2, 0) is 4.79 Å². The van der Waals surface area contributed by atoms with Gasteiger partial charge < -0.3 is 27.4 Å². The third-order valence-corrected chi connectivity index (χ3v) is 0.341. The fourth-order valence-electron chi connectivity index (χ4n) is 0. The number of rotatable bonds is 1. The van der Waals surface area contributed by atoms with Gasteiger partial charge in [-0.1, -0.05) is 0 Å². The van der Waals surface area contributed by atoms with Crippen LogP contribution in [0.25, 0.3) is 0 Å². The van der Waals surface area contributed by atoms with Crippen molar-refractivity contribution >= 4 is 23.3 Å². The molecule has 0 aliphatic rings. The molecule has 0 rings (SSSR count). The average molecular weight is 174 g/mol. The van der Waals surface area contributed by atoms with Crippen LogP contribution < -0.4 is 47.1 Å². The van der Waals surface area contributed by atoms with E-state index >= 15 is 0 Å². The Hall–Kier alpha value is 1.25. The maximum absolute atomic E-state index is 9.34. The molecule has 0 saturated heterocycles. The fourth-order valence-corrected chi connectivity index (χ4v) is 0. The Kier molecular flexibility index (Phi) is 29.9. The smallest absolute Gasteiger partial charge is 1.00 e.